The van der Waals surface area contributed by atoms with Crippen molar-refractivity contribution in [2.75, 3.05) is 19.6 Å². The predicted molar refractivity (Wildman–Crippen MR) is 118 cm³/mol. The minimum atomic E-state index is -0.199. The van der Waals surface area contributed by atoms with Crippen LogP contribution >= 0.6 is 24.0 Å². The summed E-state index contributed by atoms with van der Waals surface area (Å²) >= 11 is 0. The van der Waals surface area contributed by atoms with Crippen LogP contribution in [0.1, 0.15) is 18.2 Å². The minimum Gasteiger partial charge on any atom is -0.357 e. The van der Waals surface area contributed by atoms with Crippen molar-refractivity contribution in [3.63, 3.8) is 0 Å². The van der Waals surface area contributed by atoms with Gasteiger partial charge in [-0.2, -0.15) is 0 Å². The molecule has 0 unspecified atom stereocenters. The third-order valence-corrected chi connectivity index (χ3v) is 3.99. The summed E-state index contributed by atoms with van der Waals surface area (Å²) in [6.07, 6.45) is 5.55. The van der Waals surface area contributed by atoms with Crippen LogP contribution in [0.2, 0.25) is 0 Å². The molecule has 0 aliphatic heterocycles. The summed E-state index contributed by atoms with van der Waals surface area (Å²) in [7, 11) is 0. The fourth-order valence-electron chi connectivity index (χ4n) is 2.75. The number of nitrogens with zero attached hydrogens (tertiary/aromatic N) is 3. The van der Waals surface area contributed by atoms with E-state index < -0.39 is 0 Å². The molecule has 2 aromatic heterocycles. The summed E-state index contributed by atoms with van der Waals surface area (Å²) < 4.78 is 15.2. The second-order valence-corrected chi connectivity index (χ2v) is 6.02. The Morgan fingerprint density at radius 1 is 1.15 bits per heavy atom. The lowest BCUT2D eigenvalue weighted by atomic mass is 10.1. The highest BCUT2D eigenvalue weighted by atomic mass is 127. The molecule has 0 bridgehead atoms. The molecule has 0 aliphatic rings. The first-order valence-corrected chi connectivity index (χ1v) is 8.94. The first-order valence-electron chi connectivity index (χ1n) is 8.94. The molecule has 0 radical (unpaired) electrons. The Kier molecular flexibility index (Phi) is 8.50. The van der Waals surface area contributed by atoms with Gasteiger partial charge in [0.05, 0.1) is 5.69 Å². The number of aromatic nitrogens is 2. The second kappa shape index (κ2) is 10.9. The van der Waals surface area contributed by atoms with Crippen molar-refractivity contribution in [2.45, 2.75) is 19.8 Å². The molecular formula is C20H25FIN5. The van der Waals surface area contributed by atoms with Crippen LogP contribution in [-0.4, -0.2) is 35.0 Å². The molecule has 5 nitrogen and oxygen atoms in total. The molecule has 0 amide bonds. The lowest BCUT2D eigenvalue weighted by molar-refractivity contribution is 0.625. The third-order valence-electron chi connectivity index (χ3n) is 3.99. The summed E-state index contributed by atoms with van der Waals surface area (Å²) in [6, 6.07) is 12.7. The number of fused-ring (bicyclic) bond motifs is 1. The van der Waals surface area contributed by atoms with Gasteiger partial charge in [0, 0.05) is 38.4 Å². The molecule has 3 rings (SSSR count). The average molecular weight is 481 g/mol. The first-order chi connectivity index (χ1) is 12.7. The molecule has 3 aromatic rings. The van der Waals surface area contributed by atoms with Gasteiger partial charge in [-0.15, -0.1) is 24.0 Å². The largest absolute Gasteiger partial charge is 0.357 e. The van der Waals surface area contributed by atoms with Crippen molar-refractivity contribution in [3.8, 4) is 0 Å². The highest BCUT2D eigenvalue weighted by Gasteiger charge is 2.02. The van der Waals surface area contributed by atoms with E-state index in [0.717, 1.165) is 42.3 Å². The van der Waals surface area contributed by atoms with E-state index in [-0.39, 0.29) is 29.8 Å². The van der Waals surface area contributed by atoms with Crippen molar-refractivity contribution in [3.05, 3.63) is 71.9 Å². The lowest BCUT2D eigenvalue weighted by Gasteiger charge is -2.11. The maximum Gasteiger partial charge on any atom is 0.191 e. The van der Waals surface area contributed by atoms with Crippen LogP contribution in [-0.2, 0) is 12.8 Å². The molecule has 0 spiro atoms. The topological polar surface area (TPSA) is 53.7 Å². The van der Waals surface area contributed by atoms with Gasteiger partial charge in [0.25, 0.3) is 0 Å². The molecule has 7 heteroatoms. The van der Waals surface area contributed by atoms with E-state index in [1.807, 2.05) is 48.0 Å². The van der Waals surface area contributed by atoms with Crippen LogP contribution in [0.3, 0.4) is 0 Å². The number of aliphatic imine (C=N–C) groups is 1. The minimum absolute atomic E-state index is 0. The number of hydrogen-bond donors (Lipinski definition) is 2. The van der Waals surface area contributed by atoms with Crippen LogP contribution in [0, 0.1) is 5.82 Å². The van der Waals surface area contributed by atoms with Crippen molar-refractivity contribution in [2.24, 2.45) is 4.99 Å². The predicted octanol–water partition coefficient (Wildman–Crippen LogP) is 3.43. The molecule has 0 aliphatic carbocycles. The number of nitrogens with one attached hydrogen (secondary N) is 2. The first kappa shape index (κ1) is 21.1. The molecule has 2 N–H and O–H groups in total. The van der Waals surface area contributed by atoms with Gasteiger partial charge in [-0.25, -0.2) is 9.37 Å². The molecule has 0 saturated carbocycles. The number of guanidine groups is 1. The van der Waals surface area contributed by atoms with Crippen LogP contribution in [0.25, 0.3) is 5.65 Å². The van der Waals surface area contributed by atoms with Gasteiger partial charge >= 0.3 is 0 Å². The van der Waals surface area contributed by atoms with Crippen molar-refractivity contribution in [1.82, 2.24) is 20.0 Å². The van der Waals surface area contributed by atoms with Gasteiger partial charge in [0.15, 0.2) is 5.96 Å². The maximum atomic E-state index is 13.2. The SMILES string of the molecule is CCNC(=NCCc1cn2ccccc2n1)NCCc1cccc(F)c1.I. The van der Waals surface area contributed by atoms with Gasteiger partial charge < -0.3 is 15.0 Å². The van der Waals surface area contributed by atoms with Gasteiger partial charge in [-0.1, -0.05) is 18.2 Å². The summed E-state index contributed by atoms with van der Waals surface area (Å²) in [5, 5.41) is 6.52. The van der Waals surface area contributed by atoms with Crippen LogP contribution < -0.4 is 10.6 Å². The molecular weight excluding hydrogens is 456 g/mol. The fraction of sp³-hybridized carbons (Fsp3) is 0.300. The monoisotopic (exact) mass is 481 g/mol. The normalized spacial score (nSPS) is 11.3. The molecule has 2 heterocycles. The Morgan fingerprint density at radius 2 is 2.04 bits per heavy atom. The maximum absolute atomic E-state index is 13.2. The quantitative estimate of drug-likeness (QED) is 0.309. The molecule has 0 fully saturated rings. The molecule has 0 atom stereocenters. The lowest BCUT2D eigenvalue weighted by Crippen LogP contribution is -2.38. The van der Waals surface area contributed by atoms with Crippen molar-refractivity contribution < 1.29 is 4.39 Å². The Morgan fingerprint density at radius 3 is 2.81 bits per heavy atom. The molecule has 0 saturated heterocycles. The van der Waals surface area contributed by atoms with E-state index >= 15 is 0 Å². The Labute approximate surface area is 176 Å². The highest BCUT2D eigenvalue weighted by Crippen LogP contribution is 2.05. The Hall–Kier alpha value is -2.16. The number of pyridine rings is 1. The zero-order valence-electron chi connectivity index (χ0n) is 15.4. The van der Waals surface area contributed by atoms with Crippen LogP contribution in [0.15, 0.2) is 59.9 Å². The van der Waals surface area contributed by atoms with E-state index in [9.17, 15) is 4.39 Å². The van der Waals surface area contributed by atoms with E-state index in [1.54, 1.807) is 12.1 Å². The zero-order valence-corrected chi connectivity index (χ0v) is 17.7. The fourth-order valence-corrected chi connectivity index (χ4v) is 2.75. The Bertz CT molecular complexity index is 844. The number of benzene rings is 1. The van der Waals surface area contributed by atoms with E-state index in [4.69, 9.17) is 0 Å². The zero-order chi connectivity index (χ0) is 18.2. The van der Waals surface area contributed by atoms with Gasteiger partial charge in [-0.05, 0) is 43.2 Å². The molecule has 1 aromatic carbocycles. The second-order valence-electron chi connectivity index (χ2n) is 6.02. The average Bonchev–Trinajstić information content (AvgIpc) is 3.04. The summed E-state index contributed by atoms with van der Waals surface area (Å²) in [4.78, 5) is 9.18. The van der Waals surface area contributed by atoms with Gasteiger partial charge in [0.1, 0.15) is 11.5 Å². The molecule has 27 heavy (non-hydrogen) atoms. The van der Waals surface area contributed by atoms with Gasteiger partial charge in [-0.3, -0.25) is 4.99 Å². The van der Waals surface area contributed by atoms with Crippen LogP contribution in [0.5, 0.6) is 0 Å². The van der Waals surface area contributed by atoms with E-state index in [1.165, 1.54) is 6.07 Å². The summed E-state index contributed by atoms with van der Waals surface area (Å²) in [5.41, 5.74) is 2.94. The van der Waals surface area contributed by atoms with Gasteiger partial charge in [0.2, 0.25) is 0 Å². The van der Waals surface area contributed by atoms with Crippen molar-refractivity contribution in [1.29, 1.82) is 0 Å². The Balaban J connectivity index is 0.00000261. The smallest absolute Gasteiger partial charge is 0.191 e. The van der Waals surface area contributed by atoms with Crippen LogP contribution in [0.4, 0.5) is 4.39 Å². The van der Waals surface area contributed by atoms with E-state index in [2.05, 4.69) is 20.6 Å². The van der Waals surface area contributed by atoms with E-state index in [0.29, 0.717) is 13.1 Å². The number of hydrogen-bond acceptors (Lipinski definition) is 2. The number of halogens is 2. The summed E-state index contributed by atoms with van der Waals surface area (Å²) in [6.45, 7) is 4.18. The van der Waals surface area contributed by atoms with Crippen molar-refractivity contribution >= 4 is 35.6 Å². The molecule has 144 valence electrons. The third kappa shape index (κ3) is 6.50. The summed E-state index contributed by atoms with van der Waals surface area (Å²) in [5.74, 6) is 0.572. The highest BCUT2D eigenvalue weighted by molar-refractivity contribution is 14.0. The standard InChI is InChI=1S/C20H24FN5.HI/c1-2-22-20(23-11-9-16-6-5-7-17(21)14-16)24-12-10-18-15-26-13-4-3-8-19(26)25-18;/h3-8,13-15H,2,9-12H2,1H3,(H2,22,23,24);1H. The number of rotatable bonds is 7. The number of imidazole rings is 1.